The Morgan fingerprint density at radius 1 is 1.02 bits per heavy atom. The molecule has 1 amide bonds. The minimum absolute atomic E-state index is 0.0337. The zero-order chi connectivity index (χ0) is 30.0. The Bertz CT molecular complexity index is 1660. The van der Waals surface area contributed by atoms with Gasteiger partial charge in [-0.2, -0.15) is 0 Å². The van der Waals surface area contributed by atoms with E-state index in [9.17, 15) is 14.0 Å². The second-order valence-electron chi connectivity index (χ2n) is 11.0. The van der Waals surface area contributed by atoms with Crippen LogP contribution >= 0.6 is 0 Å². The van der Waals surface area contributed by atoms with E-state index in [0.29, 0.717) is 47.9 Å². The largest absolute Gasteiger partial charge is 0.493 e. The number of aryl methyl sites for hydroxylation is 1. The normalized spacial score (nSPS) is 13.2. The molecule has 0 radical (unpaired) electrons. The van der Waals surface area contributed by atoms with Crippen LogP contribution in [0.4, 0.5) is 4.39 Å². The number of hydrogen-bond donors (Lipinski definition) is 1. The third-order valence-corrected chi connectivity index (χ3v) is 7.59. The Labute approximate surface area is 245 Å². The van der Waals surface area contributed by atoms with Crippen LogP contribution < -0.4 is 20.3 Å². The van der Waals surface area contributed by atoms with E-state index < -0.39 is 0 Å². The second kappa shape index (κ2) is 12.2. The fourth-order valence-corrected chi connectivity index (χ4v) is 5.41. The molecule has 2 heterocycles. The van der Waals surface area contributed by atoms with E-state index in [2.05, 4.69) is 10.2 Å². The number of fused-ring (bicyclic) bond motifs is 1. The van der Waals surface area contributed by atoms with Crippen LogP contribution in [0.25, 0.3) is 5.69 Å². The van der Waals surface area contributed by atoms with Gasteiger partial charge in [-0.05, 0) is 79.9 Å². The summed E-state index contributed by atoms with van der Waals surface area (Å²) in [5.74, 6) is 0.851. The minimum atomic E-state index is -0.288. The monoisotopic (exact) mass is 572 g/mol. The highest BCUT2D eigenvalue weighted by Gasteiger charge is 2.26. The Morgan fingerprint density at radius 2 is 1.76 bits per heavy atom. The van der Waals surface area contributed by atoms with Crippen LogP contribution in [0.15, 0.2) is 65.5 Å². The van der Waals surface area contributed by atoms with Gasteiger partial charge >= 0.3 is 0 Å². The lowest BCUT2D eigenvalue weighted by Crippen LogP contribution is -2.32. The van der Waals surface area contributed by atoms with Crippen molar-refractivity contribution >= 4 is 5.91 Å². The van der Waals surface area contributed by atoms with E-state index >= 15 is 0 Å². The number of carbonyl (C=O) groups excluding carboxylic acids is 1. The molecule has 3 aromatic carbocycles. The van der Waals surface area contributed by atoms with Gasteiger partial charge < -0.3 is 14.8 Å². The summed E-state index contributed by atoms with van der Waals surface area (Å²) in [7, 11) is 3.48. The molecule has 9 heteroatoms. The molecule has 0 bridgehead atoms. The Hall–Kier alpha value is -4.37. The van der Waals surface area contributed by atoms with Gasteiger partial charge in [-0.3, -0.25) is 19.2 Å². The number of hydrogen-bond acceptors (Lipinski definition) is 5. The third-order valence-electron chi connectivity index (χ3n) is 7.59. The van der Waals surface area contributed by atoms with Crippen LogP contribution in [0.5, 0.6) is 11.5 Å². The number of aromatic nitrogens is 2. The van der Waals surface area contributed by atoms with Crippen molar-refractivity contribution in [3.8, 4) is 17.2 Å². The summed E-state index contributed by atoms with van der Waals surface area (Å²) in [6, 6.07) is 17.9. The van der Waals surface area contributed by atoms with Gasteiger partial charge in [-0.25, -0.2) is 9.07 Å². The average molecular weight is 573 g/mol. The van der Waals surface area contributed by atoms with Crippen LogP contribution in [0.2, 0.25) is 0 Å². The molecule has 8 nitrogen and oxygen atoms in total. The van der Waals surface area contributed by atoms with E-state index in [1.54, 1.807) is 30.8 Å². The van der Waals surface area contributed by atoms with Gasteiger partial charge in [0.1, 0.15) is 5.82 Å². The summed E-state index contributed by atoms with van der Waals surface area (Å²) in [6.07, 6.45) is 0.774. The number of ether oxygens (including phenoxy) is 2. The summed E-state index contributed by atoms with van der Waals surface area (Å²) in [5, 5.41) is 2.97. The maximum atomic E-state index is 13.8. The van der Waals surface area contributed by atoms with Crippen LogP contribution in [-0.2, 0) is 33.1 Å². The molecule has 4 aromatic rings. The van der Waals surface area contributed by atoms with Crippen molar-refractivity contribution in [3.05, 3.63) is 110 Å². The van der Waals surface area contributed by atoms with Crippen LogP contribution in [0, 0.1) is 12.7 Å². The molecule has 220 valence electrons. The van der Waals surface area contributed by atoms with Crippen LogP contribution in [-0.4, -0.2) is 39.9 Å². The first kappa shape index (κ1) is 29.1. The van der Waals surface area contributed by atoms with Crippen molar-refractivity contribution in [3.63, 3.8) is 0 Å². The molecule has 1 aromatic heterocycles. The van der Waals surface area contributed by atoms with Crippen molar-refractivity contribution < 1.29 is 18.7 Å². The molecule has 1 aliphatic heterocycles. The quantitative estimate of drug-likeness (QED) is 0.309. The summed E-state index contributed by atoms with van der Waals surface area (Å²) in [4.78, 5) is 28.4. The number of rotatable bonds is 9. The van der Waals surface area contributed by atoms with E-state index in [4.69, 9.17) is 9.47 Å². The van der Waals surface area contributed by atoms with Crippen molar-refractivity contribution in [2.45, 2.75) is 52.9 Å². The average Bonchev–Trinajstić information content (AvgIpc) is 3.22. The molecule has 0 saturated carbocycles. The smallest absolute Gasteiger partial charge is 0.276 e. The maximum absolute atomic E-state index is 13.8. The molecule has 1 N–H and O–H groups in total. The zero-order valence-electron chi connectivity index (χ0n) is 24.7. The first-order valence-corrected chi connectivity index (χ1v) is 14.1. The highest BCUT2D eigenvalue weighted by atomic mass is 19.1. The summed E-state index contributed by atoms with van der Waals surface area (Å²) < 4.78 is 28.5. The SMILES string of the molecule is COc1cc(CNC(=O)c2ccc(CN3CCc4c(c(=O)n(-c5ccc(F)c(C)c5)n4C)C3)cc2)ccc1OC(C)C. The van der Waals surface area contributed by atoms with Gasteiger partial charge in [0.25, 0.3) is 11.5 Å². The van der Waals surface area contributed by atoms with Gasteiger partial charge in [-0.1, -0.05) is 18.2 Å². The number of benzene rings is 3. The number of nitrogens with one attached hydrogen (secondary N) is 1. The lowest BCUT2D eigenvalue weighted by atomic mass is 10.1. The first-order valence-electron chi connectivity index (χ1n) is 14.1. The van der Waals surface area contributed by atoms with Gasteiger partial charge in [0.05, 0.1) is 24.5 Å². The fourth-order valence-electron chi connectivity index (χ4n) is 5.41. The molecule has 0 spiro atoms. The summed E-state index contributed by atoms with van der Waals surface area (Å²) >= 11 is 0. The standard InChI is InChI=1S/C33H37FN4O4/c1-21(2)42-30-13-8-24(17-31(30)41-5)18-35-32(39)25-9-6-23(7-10-25)19-37-15-14-29-27(20-37)33(40)38(36(29)4)26-11-12-28(34)22(3)16-26/h6-13,16-17,21H,14-15,18-20H2,1-5H3,(H,35,39). The molecule has 5 rings (SSSR count). The predicted octanol–water partition coefficient (Wildman–Crippen LogP) is 4.91. The molecule has 42 heavy (non-hydrogen) atoms. The molecule has 1 aliphatic rings. The highest BCUT2D eigenvalue weighted by Crippen LogP contribution is 2.29. The number of carbonyl (C=O) groups is 1. The zero-order valence-corrected chi connectivity index (χ0v) is 24.7. The van der Waals surface area contributed by atoms with Crippen molar-refractivity contribution in [2.75, 3.05) is 13.7 Å². The topological polar surface area (TPSA) is 77.7 Å². The van der Waals surface area contributed by atoms with Gasteiger partial charge in [0.2, 0.25) is 0 Å². The lowest BCUT2D eigenvalue weighted by molar-refractivity contribution is 0.0951. The van der Waals surface area contributed by atoms with Crippen molar-refractivity contribution in [1.29, 1.82) is 0 Å². The molecular formula is C33H37FN4O4. The molecule has 0 unspecified atom stereocenters. The van der Waals surface area contributed by atoms with E-state index in [0.717, 1.165) is 35.3 Å². The summed E-state index contributed by atoms with van der Waals surface area (Å²) in [5.41, 5.74) is 5.41. The first-order chi connectivity index (χ1) is 20.1. The van der Waals surface area contributed by atoms with E-state index in [1.165, 1.54) is 6.07 Å². The molecule has 0 fully saturated rings. The summed E-state index contributed by atoms with van der Waals surface area (Å²) in [6.45, 7) is 7.97. The third kappa shape index (κ3) is 6.11. The molecule has 0 saturated heterocycles. The molecular weight excluding hydrogens is 535 g/mol. The van der Waals surface area contributed by atoms with Crippen molar-refractivity contribution in [2.24, 2.45) is 7.05 Å². The van der Waals surface area contributed by atoms with Gasteiger partial charge in [-0.15, -0.1) is 0 Å². The van der Waals surface area contributed by atoms with Gasteiger partial charge in [0, 0.05) is 50.9 Å². The lowest BCUT2D eigenvalue weighted by Gasteiger charge is -2.26. The Kier molecular flexibility index (Phi) is 8.49. The van der Waals surface area contributed by atoms with Gasteiger partial charge in [0.15, 0.2) is 11.5 Å². The fraction of sp³-hybridized carbons (Fsp3) is 0.333. The van der Waals surface area contributed by atoms with E-state index in [-0.39, 0.29) is 23.4 Å². The van der Waals surface area contributed by atoms with Crippen LogP contribution in [0.1, 0.15) is 52.2 Å². The molecule has 0 aliphatic carbocycles. The second-order valence-corrected chi connectivity index (χ2v) is 11.0. The number of halogens is 1. The Morgan fingerprint density at radius 3 is 2.45 bits per heavy atom. The highest BCUT2D eigenvalue weighted by molar-refractivity contribution is 5.94. The number of methoxy groups -OCH3 is 1. The minimum Gasteiger partial charge on any atom is -0.493 e. The predicted molar refractivity (Wildman–Crippen MR) is 160 cm³/mol. The number of amides is 1. The number of nitrogens with zero attached hydrogens (tertiary/aromatic N) is 3. The van der Waals surface area contributed by atoms with E-state index in [1.807, 2.05) is 68.0 Å². The maximum Gasteiger partial charge on any atom is 0.276 e. The molecule has 0 atom stereocenters. The Balaban J connectivity index is 1.21. The van der Waals surface area contributed by atoms with Crippen molar-refractivity contribution in [1.82, 2.24) is 19.6 Å². The van der Waals surface area contributed by atoms with Crippen LogP contribution in [0.3, 0.4) is 0 Å².